The van der Waals surface area contributed by atoms with E-state index in [2.05, 4.69) is 5.32 Å². The average molecular weight is 557 g/mol. The average Bonchev–Trinajstić information content (AvgIpc) is 2.81. The van der Waals surface area contributed by atoms with E-state index in [-0.39, 0.29) is 43.8 Å². The molecular weight excluding hydrogens is 521 g/mol. The van der Waals surface area contributed by atoms with E-state index in [1.54, 1.807) is 44.2 Å². The molecule has 0 aliphatic heterocycles. The molecule has 0 fully saturated rings. The number of aryl methyl sites for hydroxylation is 1. The predicted octanol–water partition coefficient (Wildman–Crippen LogP) is 5.18. The fourth-order valence-electron chi connectivity index (χ4n) is 3.67. The van der Waals surface area contributed by atoms with Gasteiger partial charge >= 0.3 is 0 Å². The predicted molar refractivity (Wildman–Crippen MR) is 147 cm³/mol. The van der Waals surface area contributed by atoms with Gasteiger partial charge in [0.2, 0.25) is 21.8 Å². The molecule has 1 N–H and O–H groups in total. The van der Waals surface area contributed by atoms with Crippen LogP contribution in [0.1, 0.15) is 51.2 Å². The molecule has 0 bridgehead atoms. The Hall–Kier alpha value is -2.29. The summed E-state index contributed by atoms with van der Waals surface area (Å²) in [5, 5.41) is 3.94. The van der Waals surface area contributed by atoms with E-state index in [1.807, 2.05) is 26.0 Å². The summed E-state index contributed by atoms with van der Waals surface area (Å²) in [5.74, 6) is -0.480. The SMILES string of the molecule is CCC(C)NC(=O)C(C)N(Cc1ccc(Cl)cc1)C(=O)CCCN(c1cc(Cl)ccc1C)S(C)(=O)=O. The minimum Gasteiger partial charge on any atom is -0.352 e. The third-order valence-corrected chi connectivity index (χ3v) is 7.69. The highest BCUT2D eigenvalue weighted by molar-refractivity contribution is 7.92. The van der Waals surface area contributed by atoms with Gasteiger partial charge in [-0.25, -0.2) is 8.42 Å². The number of rotatable bonds is 12. The van der Waals surface area contributed by atoms with Crippen molar-refractivity contribution in [3.63, 3.8) is 0 Å². The topological polar surface area (TPSA) is 86.8 Å². The maximum Gasteiger partial charge on any atom is 0.242 e. The molecule has 198 valence electrons. The van der Waals surface area contributed by atoms with Crippen LogP contribution in [0, 0.1) is 6.92 Å². The molecule has 0 heterocycles. The second-order valence-electron chi connectivity index (χ2n) is 9.01. The first-order valence-electron chi connectivity index (χ1n) is 11.9. The van der Waals surface area contributed by atoms with Crippen LogP contribution in [-0.2, 0) is 26.2 Å². The summed E-state index contributed by atoms with van der Waals surface area (Å²) in [7, 11) is -3.60. The van der Waals surface area contributed by atoms with E-state index in [0.717, 1.165) is 23.8 Å². The van der Waals surface area contributed by atoms with Gasteiger partial charge in [0, 0.05) is 35.6 Å². The van der Waals surface area contributed by atoms with Crippen LogP contribution in [0.15, 0.2) is 42.5 Å². The van der Waals surface area contributed by atoms with Gasteiger partial charge in [0.1, 0.15) is 6.04 Å². The lowest BCUT2D eigenvalue weighted by Gasteiger charge is -2.30. The molecule has 0 saturated carbocycles. The number of halogens is 2. The summed E-state index contributed by atoms with van der Waals surface area (Å²) >= 11 is 12.1. The molecule has 2 atom stereocenters. The Balaban J connectivity index is 2.20. The highest BCUT2D eigenvalue weighted by Gasteiger charge is 2.27. The summed E-state index contributed by atoms with van der Waals surface area (Å²) in [6.07, 6.45) is 2.24. The van der Waals surface area contributed by atoms with E-state index in [9.17, 15) is 18.0 Å². The molecule has 10 heteroatoms. The molecule has 2 rings (SSSR count). The van der Waals surface area contributed by atoms with Gasteiger partial charge in [0.15, 0.2) is 0 Å². The second kappa shape index (κ2) is 13.3. The molecule has 0 saturated heterocycles. The number of benzene rings is 2. The van der Waals surface area contributed by atoms with Gasteiger partial charge in [-0.15, -0.1) is 0 Å². The number of anilines is 1. The van der Waals surface area contributed by atoms with Gasteiger partial charge in [-0.2, -0.15) is 0 Å². The summed E-state index contributed by atoms with van der Waals surface area (Å²) in [6, 6.07) is 11.4. The number of carbonyl (C=O) groups excluding carboxylic acids is 2. The molecule has 2 aromatic rings. The van der Waals surface area contributed by atoms with Gasteiger partial charge < -0.3 is 10.2 Å². The van der Waals surface area contributed by atoms with Crippen LogP contribution in [0.2, 0.25) is 10.0 Å². The van der Waals surface area contributed by atoms with Crippen LogP contribution >= 0.6 is 23.2 Å². The van der Waals surface area contributed by atoms with Gasteiger partial charge in [-0.1, -0.05) is 48.3 Å². The standard InChI is InChI=1S/C26H35Cl2N3O4S/c1-6-19(3)29-26(33)20(4)30(17-21-10-13-22(27)14-11-21)25(32)8-7-15-31(36(5,34)35)24-16-23(28)12-9-18(24)2/h9-14,16,19-20H,6-8,15,17H2,1-5H3,(H,29,33). The first kappa shape index (κ1) is 29.9. The Bertz CT molecular complexity index is 1160. The Morgan fingerprint density at radius 1 is 1.03 bits per heavy atom. The second-order valence-corrected chi connectivity index (χ2v) is 11.8. The Morgan fingerprint density at radius 2 is 1.64 bits per heavy atom. The fraction of sp³-hybridized carbons (Fsp3) is 0.462. The van der Waals surface area contributed by atoms with Gasteiger partial charge in [0.25, 0.3) is 0 Å². The van der Waals surface area contributed by atoms with Gasteiger partial charge in [-0.05, 0) is 69.0 Å². The van der Waals surface area contributed by atoms with Crippen molar-refractivity contribution >= 4 is 50.7 Å². The smallest absolute Gasteiger partial charge is 0.242 e. The van der Waals surface area contributed by atoms with Crippen LogP contribution in [0.3, 0.4) is 0 Å². The third-order valence-electron chi connectivity index (χ3n) is 6.03. The van der Waals surface area contributed by atoms with Crippen molar-refractivity contribution in [2.24, 2.45) is 0 Å². The lowest BCUT2D eigenvalue weighted by Crippen LogP contribution is -2.49. The third kappa shape index (κ3) is 8.68. The summed E-state index contributed by atoms with van der Waals surface area (Å²) in [6.45, 7) is 7.72. The molecule has 2 aromatic carbocycles. The lowest BCUT2D eigenvalue weighted by molar-refractivity contribution is -0.140. The van der Waals surface area contributed by atoms with Crippen molar-refractivity contribution in [2.75, 3.05) is 17.1 Å². The van der Waals surface area contributed by atoms with E-state index < -0.39 is 16.1 Å². The Morgan fingerprint density at radius 3 is 2.22 bits per heavy atom. The van der Waals surface area contributed by atoms with Crippen molar-refractivity contribution in [1.29, 1.82) is 0 Å². The van der Waals surface area contributed by atoms with Crippen LogP contribution < -0.4 is 9.62 Å². The molecule has 0 aliphatic rings. The molecule has 36 heavy (non-hydrogen) atoms. The zero-order chi connectivity index (χ0) is 27.0. The van der Waals surface area contributed by atoms with Crippen LogP contribution in [0.4, 0.5) is 5.69 Å². The Kier molecular flexibility index (Phi) is 11.1. The molecule has 0 radical (unpaired) electrons. The summed E-state index contributed by atoms with van der Waals surface area (Å²) in [4.78, 5) is 27.7. The highest BCUT2D eigenvalue weighted by atomic mass is 35.5. The highest BCUT2D eigenvalue weighted by Crippen LogP contribution is 2.27. The Labute approximate surface area is 224 Å². The summed E-state index contributed by atoms with van der Waals surface area (Å²) < 4.78 is 26.3. The molecule has 2 unspecified atom stereocenters. The van der Waals surface area contributed by atoms with Gasteiger partial charge in [-0.3, -0.25) is 13.9 Å². The van der Waals surface area contributed by atoms with Crippen LogP contribution in [0.25, 0.3) is 0 Å². The maximum atomic E-state index is 13.3. The summed E-state index contributed by atoms with van der Waals surface area (Å²) in [5.41, 5.74) is 2.08. The largest absolute Gasteiger partial charge is 0.352 e. The van der Waals surface area contributed by atoms with E-state index in [4.69, 9.17) is 23.2 Å². The molecule has 0 aromatic heterocycles. The number of carbonyl (C=O) groups is 2. The number of hydrogen-bond acceptors (Lipinski definition) is 4. The number of nitrogens with zero attached hydrogens (tertiary/aromatic N) is 2. The molecule has 7 nitrogen and oxygen atoms in total. The normalized spacial score (nSPS) is 13.1. The van der Waals surface area contributed by atoms with Crippen molar-refractivity contribution in [1.82, 2.24) is 10.2 Å². The molecule has 0 spiro atoms. The minimum absolute atomic E-state index is 0.0170. The lowest BCUT2D eigenvalue weighted by atomic mass is 10.1. The van der Waals surface area contributed by atoms with Crippen molar-refractivity contribution in [3.8, 4) is 0 Å². The monoisotopic (exact) mass is 555 g/mol. The van der Waals surface area contributed by atoms with Gasteiger partial charge in [0.05, 0.1) is 11.9 Å². The molecule has 2 amide bonds. The molecular formula is C26H35Cl2N3O4S. The zero-order valence-corrected chi connectivity index (χ0v) is 23.8. The fourth-order valence-corrected chi connectivity index (χ4v) is 4.98. The van der Waals surface area contributed by atoms with E-state index in [1.165, 1.54) is 9.21 Å². The number of hydrogen-bond donors (Lipinski definition) is 1. The first-order valence-corrected chi connectivity index (χ1v) is 14.5. The quantitative estimate of drug-likeness (QED) is 0.391. The van der Waals surface area contributed by atoms with Crippen molar-refractivity contribution in [3.05, 3.63) is 63.6 Å². The first-order chi connectivity index (χ1) is 16.8. The van der Waals surface area contributed by atoms with E-state index >= 15 is 0 Å². The van der Waals surface area contributed by atoms with E-state index in [0.29, 0.717) is 15.7 Å². The number of nitrogens with one attached hydrogen (secondary N) is 1. The molecule has 0 aliphatic carbocycles. The van der Waals surface area contributed by atoms with Crippen molar-refractivity contribution in [2.45, 2.75) is 65.6 Å². The maximum absolute atomic E-state index is 13.3. The number of amides is 2. The van der Waals surface area contributed by atoms with Crippen molar-refractivity contribution < 1.29 is 18.0 Å². The number of sulfonamides is 1. The zero-order valence-electron chi connectivity index (χ0n) is 21.4. The minimum atomic E-state index is -3.60. The van der Waals surface area contributed by atoms with Crippen LogP contribution in [0.5, 0.6) is 0 Å². The van der Waals surface area contributed by atoms with Crippen LogP contribution in [-0.4, -0.2) is 50.0 Å².